The standard InChI is InChI=1S/C15H20N2O2S/c18-20(19)9-7-15(12-20)16-14-6-8-17(11-14)10-13-4-2-1-3-5-13/h1-5,7,9,14-16H,6,8,10-12H2. The molecule has 4 nitrogen and oxygen atoms in total. The Morgan fingerprint density at radius 2 is 2.05 bits per heavy atom. The molecule has 2 heterocycles. The number of likely N-dealkylation sites (tertiary alicyclic amines) is 1. The number of benzene rings is 1. The second-order valence-electron chi connectivity index (χ2n) is 5.64. The van der Waals surface area contributed by atoms with Gasteiger partial charge in [-0.15, -0.1) is 0 Å². The van der Waals surface area contributed by atoms with Crippen molar-refractivity contribution in [3.8, 4) is 0 Å². The van der Waals surface area contributed by atoms with Crippen LogP contribution in [0.25, 0.3) is 0 Å². The summed E-state index contributed by atoms with van der Waals surface area (Å²) in [5, 5.41) is 4.78. The largest absolute Gasteiger partial charge is 0.305 e. The number of sulfone groups is 1. The fourth-order valence-corrected chi connectivity index (χ4v) is 4.18. The molecule has 2 aliphatic heterocycles. The minimum Gasteiger partial charge on any atom is -0.305 e. The Labute approximate surface area is 120 Å². The van der Waals surface area contributed by atoms with Gasteiger partial charge in [0.15, 0.2) is 9.84 Å². The van der Waals surface area contributed by atoms with Crippen LogP contribution in [0.5, 0.6) is 0 Å². The van der Waals surface area contributed by atoms with Gasteiger partial charge in [0.2, 0.25) is 0 Å². The van der Waals surface area contributed by atoms with Gasteiger partial charge in [-0.25, -0.2) is 8.42 Å². The zero-order valence-corrected chi connectivity index (χ0v) is 12.2. The lowest BCUT2D eigenvalue weighted by atomic mass is 10.2. The fraction of sp³-hybridized carbons (Fsp3) is 0.467. The maximum atomic E-state index is 11.4. The van der Waals surface area contributed by atoms with Gasteiger partial charge in [0.1, 0.15) is 0 Å². The Morgan fingerprint density at radius 3 is 2.75 bits per heavy atom. The molecule has 0 radical (unpaired) electrons. The summed E-state index contributed by atoms with van der Waals surface area (Å²) in [5.74, 6) is 0.211. The minimum atomic E-state index is -2.96. The monoisotopic (exact) mass is 292 g/mol. The smallest absolute Gasteiger partial charge is 0.173 e. The molecular weight excluding hydrogens is 272 g/mol. The predicted molar refractivity (Wildman–Crippen MR) is 80.0 cm³/mol. The lowest BCUT2D eigenvalue weighted by Crippen LogP contribution is -2.40. The molecule has 3 rings (SSSR count). The number of hydrogen-bond acceptors (Lipinski definition) is 4. The average molecular weight is 292 g/mol. The zero-order chi connectivity index (χ0) is 14.0. The number of rotatable bonds is 4. The third-order valence-electron chi connectivity index (χ3n) is 3.90. The van der Waals surface area contributed by atoms with E-state index in [0.29, 0.717) is 6.04 Å². The molecule has 1 saturated heterocycles. The van der Waals surface area contributed by atoms with E-state index in [2.05, 4.69) is 34.5 Å². The molecular formula is C15H20N2O2S. The Morgan fingerprint density at radius 1 is 1.25 bits per heavy atom. The van der Waals surface area contributed by atoms with Gasteiger partial charge in [-0.3, -0.25) is 4.90 Å². The molecule has 20 heavy (non-hydrogen) atoms. The highest BCUT2D eigenvalue weighted by molar-refractivity contribution is 7.94. The lowest BCUT2D eigenvalue weighted by Gasteiger charge is -2.19. The van der Waals surface area contributed by atoms with Crippen LogP contribution in [0.1, 0.15) is 12.0 Å². The summed E-state index contributed by atoms with van der Waals surface area (Å²) in [6.07, 6.45) is 2.85. The van der Waals surface area contributed by atoms with E-state index in [4.69, 9.17) is 0 Å². The highest BCUT2D eigenvalue weighted by atomic mass is 32.2. The van der Waals surface area contributed by atoms with E-state index in [1.54, 1.807) is 6.08 Å². The summed E-state index contributed by atoms with van der Waals surface area (Å²) >= 11 is 0. The molecule has 0 spiro atoms. The summed E-state index contributed by atoms with van der Waals surface area (Å²) in [5.41, 5.74) is 1.33. The third kappa shape index (κ3) is 3.48. The Kier molecular flexibility index (Phi) is 3.92. The Hall–Kier alpha value is -1.17. The number of hydrogen-bond donors (Lipinski definition) is 1. The first-order valence-corrected chi connectivity index (χ1v) is 8.75. The molecule has 0 bridgehead atoms. The van der Waals surface area contributed by atoms with Crippen molar-refractivity contribution in [1.82, 2.24) is 10.2 Å². The van der Waals surface area contributed by atoms with Gasteiger partial charge in [0, 0.05) is 37.1 Å². The number of nitrogens with zero attached hydrogens (tertiary/aromatic N) is 1. The Bertz CT molecular complexity index is 583. The first-order valence-electron chi connectivity index (χ1n) is 7.04. The molecule has 1 N–H and O–H groups in total. The lowest BCUT2D eigenvalue weighted by molar-refractivity contribution is 0.318. The van der Waals surface area contributed by atoms with Crippen LogP contribution in [0.15, 0.2) is 41.8 Å². The summed E-state index contributed by atoms with van der Waals surface area (Å²) in [6.45, 7) is 3.02. The van der Waals surface area contributed by atoms with Gasteiger partial charge in [-0.2, -0.15) is 0 Å². The van der Waals surface area contributed by atoms with Crippen molar-refractivity contribution in [1.29, 1.82) is 0 Å². The molecule has 0 saturated carbocycles. The van der Waals surface area contributed by atoms with Crippen LogP contribution in [0.3, 0.4) is 0 Å². The molecule has 0 amide bonds. The SMILES string of the molecule is O=S1(=O)C=CC(NC2CCN(Cc3ccccc3)C2)C1. The summed E-state index contributed by atoms with van der Waals surface area (Å²) in [6, 6.07) is 10.8. The normalized spacial score (nSPS) is 29.0. The van der Waals surface area contributed by atoms with Crippen molar-refractivity contribution < 1.29 is 8.42 Å². The van der Waals surface area contributed by atoms with Crippen molar-refractivity contribution in [2.75, 3.05) is 18.8 Å². The van der Waals surface area contributed by atoms with Gasteiger partial charge in [0.25, 0.3) is 0 Å². The van der Waals surface area contributed by atoms with Crippen molar-refractivity contribution in [3.05, 3.63) is 47.4 Å². The molecule has 2 atom stereocenters. The quantitative estimate of drug-likeness (QED) is 0.905. The summed E-state index contributed by atoms with van der Waals surface area (Å²) in [4.78, 5) is 2.42. The zero-order valence-electron chi connectivity index (χ0n) is 11.4. The molecule has 108 valence electrons. The van der Waals surface area contributed by atoms with Gasteiger partial charge in [-0.05, 0) is 12.0 Å². The van der Waals surface area contributed by atoms with E-state index in [1.807, 2.05) is 6.07 Å². The van der Waals surface area contributed by atoms with Gasteiger partial charge < -0.3 is 5.32 Å². The second-order valence-corrected chi connectivity index (χ2v) is 7.57. The van der Waals surface area contributed by atoms with Crippen LogP contribution in [-0.2, 0) is 16.4 Å². The minimum absolute atomic E-state index is 0.0123. The van der Waals surface area contributed by atoms with Crippen LogP contribution >= 0.6 is 0 Å². The van der Waals surface area contributed by atoms with E-state index < -0.39 is 9.84 Å². The molecule has 1 fully saturated rings. The topological polar surface area (TPSA) is 49.4 Å². The molecule has 2 unspecified atom stereocenters. The molecule has 1 aromatic rings. The molecule has 2 aliphatic rings. The second kappa shape index (κ2) is 5.68. The van der Waals surface area contributed by atoms with E-state index in [0.717, 1.165) is 26.1 Å². The molecule has 1 aromatic carbocycles. The first kappa shape index (κ1) is 13.8. The maximum absolute atomic E-state index is 11.4. The maximum Gasteiger partial charge on any atom is 0.173 e. The third-order valence-corrected chi connectivity index (χ3v) is 5.30. The highest BCUT2D eigenvalue weighted by Gasteiger charge is 2.28. The van der Waals surface area contributed by atoms with Crippen molar-refractivity contribution in [3.63, 3.8) is 0 Å². The molecule has 5 heteroatoms. The van der Waals surface area contributed by atoms with E-state index in [9.17, 15) is 8.42 Å². The average Bonchev–Trinajstić information content (AvgIpc) is 2.98. The number of nitrogens with one attached hydrogen (secondary N) is 1. The van der Waals surface area contributed by atoms with Crippen molar-refractivity contribution in [2.45, 2.75) is 25.0 Å². The van der Waals surface area contributed by atoms with E-state index >= 15 is 0 Å². The van der Waals surface area contributed by atoms with Crippen LogP contribution < -0.4 is 5.32 Å². The van der Waals surface area contributed by atoms with Crippen LogP contribution in [0, 0.1) is 0 Å². The summed E-state index contributed by atoms with van der Waals surface area (Å²) in [7, 11) is -2.96. The van der Waals surface area contributed by atoms with Crippen molar-refractivity contribution >= 4 is 9.84 Å². The van der Waals surface area contributed by atoms with Crippen LogP contribution in [-0.4, -0.2) is 44.2 Å². The Balaban J connectivity index is 1.49. The van der Waals surface area contributed by atoms with Crippen molar-refractivity contribution in [2.24, 2.45) is 0 Å². The molecule has 0 aromatic heterocycles. The van der Waals surface area contributed by atoms with Gasteiger partial charge >= 0.3 is 0 Å². The van der Waals surface area contributed by atoms with Gasteiger partial charge in [-0.1, -0.05) is 36.4 Å². The van der Waals surface area contributed by atoms with E-state index in [-0.39, 0.29) is 11.8 Å². The fourth-order valence-electron chi connectivity index (χ4n) is 2.94. The van der Waals surface area contributed by atoms with Crippen LogP contribution in [0.4, 0.5) is 0 Å². The van der Waals surface area contributed by atoms with Crippen LogP contribution in [0.2, 0.25) is 0 Å². The predicted octanol–water partition coefficient (Wildman–Crippen LogP) is 1.16. The molecule has 0 aliphatic carbocycles. The van der Waals surface area contributed by atoms with E-state index in [1.165, 1.54) is 11.0 Å². The van der Waals surface area contributed by atoms with Gasteiger partial charge in [0.05, 0.1) is 5.75 Å². The summed E-state index contributed by atoms with van der Waals surface area (Å²) < 4.78 is 22.8. The highest BCUT2D eigenvalue weighted by Crippen LogP contribution is 2.16. The first-order chi connectivity index (χ1) is 9.61.